The van der Waals surface area contributed by atoms with Crippen molar-refractivity contribution in [2.24, 2.45) is 26.8 Å². The molecule has 35 heteroatoms. The zero-order chi connectivity index (χ0) is 92.0. The number of phenols is 1. The summed E-state index contributed by atoms with van der Waals surface area (Å²) in [4.78, 5) is 170. The minimum atomic E-state index is -0.825. The quantitative estimate of drug-likeness (QED) is 0.00476. The fourth-order valence-electron chi connectivity index (χ4n) is 15.5. The fraction of sp³-hybridized carbons (Fsp3) is 0.351. The number of carbonyl (C=O) groups excluding carboxylic acids is 12. The van der Waals surface area contributed by atoms with Gasteiger partial charge >= 0.3 is 115 Å². The van der Waals surface area contributed by atoms with Crippen molar-refractivity contribution in [3.05, 3.63) is 212 Å². The first-order valence-corrected chi connectivity index (χ1v) is 44.1. The van der Waals surface area contributed by atoms with Gasteiger partial charge in [0.2, 0.25) is 23.6 Å². The van der Waals surface area contributed by atoms with Crippen LogP contribution in [0, 0.1) is 25.7 Å². The first-order chi connectivity index (χ1) is 61.5. The minimum Gasteiger partial charge on any atom is -1.00 e. The van der Waals surface area contributed by atoms with Crippen molar-refractivity contribution in [3.8, 4) is 23.0 Å². The number of esters is 2. The molecular weight excluding hydrogens is 1990 g/mol. The third kappa shape index (κ3) is 28.8. The Balaban J connectivity index is 0.000000365. The Bertz CT molecular complexity index is 5650. The monoisotopic (exact) mass is 2090 g/mol. The Morgan fingerprint density at radius 1 is 0.500 bits per heavy atom. The van der Waals surface area contributed by atoms with Crippen LogP contribution in [0.4, 0.5) is 45.5 Å². The molecular formula is C97H106Br2IK2N10O20-. The van der Waals surface area contributed by atoms with E-state index in [0.29, 0.717) is 128 Å². The van der Waals surface area contributed by atoms with Gasteiger partial charge in [0.1, 0.15) is 24.7 Å². The molecule has 8 aromatic carbocycles. The predicted octanol–water partition coefficient (Wildman–Crippen LogP) is 5.94. The summed E-state index contributed by atoms with van der Waals surface area (Å²) in [6.07, 6.45) is 10.3. The summed E-state index contributed by atoms with van der Waals surface area (Å²) in [5, 5.41) is 30.8. The number of unbranched alkanes of at least 4 members (excludes halogenated alkanes) is 2. The summed E-state index contributed by atoms with van der Waals surface area (Å²) >= 11 is 6.84. The molecule has 8 aromatic rings. The second-order valence-electron chi connectivity index (χ2n) is 31.8. The smallest absolute Gasteiger partial charge is 1.00 e. The number of carbonyl (C=O) groups is 12. The molecule has 0 fully saturated rings. The van der Waals surface area contributed by atoms with Gasteiger partial charge in [0.25, 0.3) is 24.2 Å². The summed E-state index contributed by atoms with van der Waals surface area (Å²) in [5.41, 5.74) is 14.9. The maximum atomic E-state index is 14.1. The van der Waals surface area contributed by atoms with E-state index in [1.807, 2.05) is 110 Å². The Labute approximate surface area is 887 Å². The zero-order valence-corrected chi connectivity index (χ0v) is 86.3. The van der Waals surface area contributed by atoms with E-state index in [4.69, 9.17) is 34.2 Å². The molecule has 6 aliphatic heterocycles. The van der Waals surface area contributed by atoms with Gasteiger partial charge in [-0.15, -0.1) is 0 Å². The summed E-state index contributed by atoms with van der Waals surface area (Å²) in [5.74, 6) is -2.71. The number of nitrogens with one attached hydrogen (secondary N) is 4. The van der Waals surface area contributed by atoms with Crippen LogP contribution in [-0.4, -0.2) is 147 Å². The van der Waals surface area contributed by atoms with Crippen molar-refractivity contribution >= 4 is 167 Å². The molecule has 6 aliphatic rings. The van der Waals surface area contributed by atoms with Crippen molar-refractivity contribution in [1.82, 2.24) is 10.6 Å². The topological polar surface area (TPSA) is 398 Å². The van der Waals surface area contributed by atoms with Gasteiger partial charge in [0.05, 0.1) is 85.3 Å². The largest absolute Gasteiger partial charge is 1.00 e. The first-order valence-electron chi connectivity index (χ1n) is 41.9. The number of hydrogen-bond donors (Lipinski definition) is 5. The Morgan fingerprint density at radius 3 is 1.23 bits per heavy atom. The van der Waals surface area contributed by atoms with Gasteiger partial charge in [-0.3, -0.25) is 87.2 Å². The molecule has 7 amide bonds. The molecule has 14 rings (SSSR count). The number of fused-ring (bicyclic) bond motifs is 12. The molecule has 132 heavy (non-hydrogen) atoms. The van der Waals surface area contributed by atoms with E-state index < -0.39 is 29.8 Å². The van der Waals surface area contributed by atoms with Gasteiger partial charge in [0, 0.05) is 146 Å². The van der Waals surface area contributed by atoms with Crippen molar-refractivity contribution in [3.63, 3.8) is 0 Å². The van der Waals surface area contributed by atoms with Crippen molar-refractivity contribution in [2.45, 2.75) is 187 Å². The molecule has 688 valence electrons. The molecule has 7 atom stereocenters. The van der Waals surface area contributed by atoms with Crippen LogP contribution >= 0.6 is 31.9 Å². The van der Waals surface area contributed by atoms with Crippen LogP contribution in [0.3, 0.4) is 0 Å². The summed E-state index contributed by atoms with van der Waals surface area (Å²) in [6, 6.07) is 43.1. The summed E-state index contributed by atoms with van der Waals surface area (Å²) in [6.45, 7) is 10.1. The van der Waals surface area contributed by atoms with Gasteiger partial charge in [-0.25, -0.2) is 0 Å². The maximum absolute atomic E-state index is 14.1. The molecule has 30 nitrogen and oxygen atoms in total. The van der Waals surface area contributed by atoms with Crippen molar-refractivity contribution < 1.29 is 225 Å². The minimum absolute atomic E-state index is 0. The molecule has 0 saturated carbocycles. The molecule has 0 aliphatic carbocycles. The number of para-hydroxylation sites is 3. The van der Waals surface area contributed by atoms with Gasteiger partial charge < -0.3 is 85.6 Å². The van der Waals surface area contributed by atoms with Gasteiger partial charge in [-0.05, 0) is 170 Å². The van der Waals surface area contributed by atoms with E-state index >= 15 is 0 Å². The summed E-state index contributed by atoms with van der Waals surface area (Å²) in [7, 11) is 4.14. The second kappa shape index (κ2) is 52.7. The van der Waals surface area contributed by atoms with Crippen molar-refractivity contribution in [1.29, 1.82) is 0 Å². The van der Waals surface area contributed by atoms with Gasteiger partial charge in [-0.2, -0.15) is 0 Å². The first kappa shape index (κ1) is 110. The number of aryl methyl sites for hydroxylation is 2. The third-order valence-corrected chi connectivity index (χ3v) is 23.7. The molecule has 0 saturated heterocycles. The van der Waals surface area contributed by atoms with Crippen LogP contribution in [0.25, 0.3) is 0 Å². The Kier molecular flexibility index (Phi) is 43.9. The Morgan fingerprint density at radius 2 is 0.848 bits per heavy atom. The number of phenolic OH excluding ortho intramolecular Hbond substituents is 1. The van der Waals surface area contributed by atoms with Gasteiger partial charge in [0.15, 0.2) is 23.1 Å². The number of nitrogens with zero attached hydrogens (tertiary/aromatic N) is 6. The molecule has 0 bridgehead atoms. The van der Waals surface area contributed by atoms with E-state index in [-0.39, 0.29) is 277 Å². The van der Waals surface area contributed by atoms with Crippen LogP contribution in [0.15, 0.2) is 161 Å². The Hall–Kier alpha value is -9.07. The molecule has 0 aromatic heterocycles. The number of aromatic hydroxyl groups is 1. The SMILES string of the molecule is C.COC(=O)CCCCC(=O)N[C@@H](C)C(=O)C[C@@H](C)C(=O)Nc1cc(CBr)cc(CBr)c1.COC(=O)CCCCC(=O)N[C@@H](C)C(=O)C[C@@H](C)C(=O)Nc1cc(COc2cc3c(cc2C)C(=O)N2c4ccccc4C[C@H]2C=N3)cc(COc2cc3c(cc2OC)C(=O)N2c4ccccc4C[C@H]2C=N3)c1.Cc1cc2c(cc1O)N=C[C@@H]1Cc3ccccc3N1C2=O.O=CO[O-].[H-].[I-].[K+].[K+]. The number of aliphatic imine (C=N–C) groups is 3. The average molecular weight is 2100 g/mol. The number of ether oxygens (including phenoxy) is 5. The number of hydrogen-bond acceptors (Lipinski definition) is 23. The average Bonchev–Trinajstić information content (AvgIpc) is 1.63. The molecule has 0 radical (unpaired) electrons. The number of ketones is 2. The van der Waals surface area contributed by atoms with Crippen LogP contribution in [-0.2, 0) is 101 Å². The van der Waals surface area contributed by atoms with E-state index in [1.54, 1.807) is 110 Å². The van der Waals surface area contributed by atoms with Crippen LogP contribution in [0.2, 0.25) is 0 Å². The number of methoxy groups -OCH3 is 3. The van der Waals surface area contributed by atoms with Crippen LogP contribution < -0.4 is 182 Å². The van der Waals surface area contributed by atoms with Crippen LogP contribution in [0.5, 0.6) is 23.0 Å². The molecule has 0 unspecified atom stereocenters. The number of rotatable bonds is 32. The van der Waals surface area contributed by atoms with E-state index in [1.165, 1.54) is 26.9 Å². The maximum Gasteiger partial charge on any atom is 1.00 e. The van der Waals surface area contributed by atoms with Crippen molar-refractivity contribution in [2.75, 3.05) is 46.7 Å². The number of halogens is 3. The predicted molar refractivity (Wildman–Crippen MR) is 497 cm³/mol. The molecule has 5 N–H and O–H groups in total. The standard InChI is InChI=1S/C56H56N6O10.C22H30Br2N2O5.C17H14N2O2.CH2O3.CH4.HI.2K.H/c1-32-18-42-44(57-28-40-23-37-12-6-8-14-46(37)61(40)55(42)67)26-49(32)71-30-35-20-36(22-39(21-35)60-54(66)33(2)19-48(63)34(3)59-52(64)16-10-11-17-53(65)70-5)31-72-51-27-45-43(25-50(51)69-4)56(68)62-41(29-58-45)24-38-13-7-9-15-47(38)62;1-14(22(30)26-18-10-16(12-23)9-17(11-18)13-24)8-19(27)15(2)25-20(28)6-4-5-7-21(29)31-3;1-10-6-13-14(8-16(10)20)18-9-12-7-11-4-2-3-5-15(11)19(12)17(13)21;2-1-4-3;;;;;/h6-9,12-15,18,20-22,25-29,33-34,40-41H,10-11,16-17,19,23-24,30-31H2,1-5H3,(H,59,64)(H,60,66);9-11,14-15H,4-8,12-13H2,1-3H3,(H,25,28)(H,26,30);2-6,8-9,12,20H,7H2,1H3;1,3H;1H4;1H;;;/q;;;;;;2*+1;-1/p-2/t33-,34+,40+,41+;14-,15+;12-;;;;;;/m110....../s1. The molecule has 6 heterocycles. The number of amides is 7. The number of alkyl halides is 2. The van der Waals surface area contributed by atoms with Gasteiger partial charge in [-0.1, -0.05) is 114 Å². The van der Waals surface area contributed by atoms with Crippen LogP contribution in [0.1, 0.15) is 182 Å². The normalized spacial score (nSPS) is 15.2. The van der Waals surface area contributed by atoms with E-state index in [9.17, 15) is 57.8 Å². The number of Topliss-reactive ketones (excluding diaryl/α,β-unsaturated/α-hetero) is 2. The number of benzene rings is 8. The third-order valence-electron chi connectivity index (χ3n) is 22.4. The number of anilines is 5. The van der Waals surface area contributed by atoms with E-state index in [2.05, 4.69) is 72.5 Å². The molecule has 0 spiro atoms. The second-order valence-corrected chi connectivity index (χ2v) is 32.9. The zero-order valence-electron chi connectivity index (χ0n) is 75.7. The fourth-order valence-corrected chi connectivity index (χ4v) is 16.2. The summed E-state index contributed by atoms with van der Waals surface area (Å²) < 4.78 is 27.8. The van der Waals surface area contributed by atoms with E-state index in [0.717, 1.165) is 51.3 Å².